The van der Waals surface area contributed by atoms with Crippen molar-refractivity contribution in [1.29, 1.82) is 0 Å². The number of rotatable bonds is 3. The standard InChI is InChI=1S/C16H17IN2O/c1-9(2)14-13(17)16(20)19-15(18-14)12-7-5-11(6-8-12)10-3-4-10/h5-10H,3-4H2,1-2H3,(H,18,19,20). The number of halogens is 1. The van der Waals surface area contributed by atoms with Crippen molar-refractivity contribution in [2.75, 3.05) is 0 Å². The van der Waals surface area contributed by atoms with E-state index in [1.807, 2.05) is 0 Å². The van der Waals surface area contributed by atoms with Crippen molar-refractivity contribution in [3.63, 3.8) is 0 Å². The van der Waals surface area contributed by atoms with Crippen LogP contribution >= 0.6 is 22.6 Å². The van der Waals surface area contributed by atoms with Crippen molar-refractivity contribution in [1.82, 2.24) is 9.97 Å². The lowest BCUT2D eigenvalue weighted by Crippen LogP contribution is -2.17. The lowest BCUT2D eigenvalue weighted by atomic mass is 10.1. The van der Waals surface area contributed by atoms with Gasteiger partial charge in [0.1, 0.15) is 5.82 Å². The van der Waals surface area contributed by atoms with Crippen LogP contribution in [-0.2, 0) is 0 Å². The van der Waals surface area contributed by atoms with Gasteiger partial charge in [0.05, 0.1) is 9.26 Å². The van der Waals surface area contributed by atoms with Gasteiger partial charge in [-0.05, 0) is 52.8 Å². The zero-order chi connectivity index (χ0) is 14.3. The van der Waals surface area contributed by atoms with E-state index in [1.165, 1.54) is 18.4 Å². The number of aromatic nitrogens is 2. The number of benzene rings is 1. The highest BCUT2D eigenvalue weighted by molar-refractivity contribution is 14.1. The minimum absolute atomic E-state index is 0.0504. The Morgan fingerprint density at radius 1 is 1.25 bits per heavy atom. The molecule has 1 aliphatic rings. The van der Waals surface area contributed by atoms with Gasteiger partial charge in [0, 0.05) is 5.56 Å². The predicted octanol–water partition coefficient (Wildman–Crippen LogP) is 4.04. The molecule has 1 N–H and O–H groups in total. The molecule has 1 fully saturated rings. The SMILES string of the molecule is CC(C)c1nc(-c2ccc(C3CC3)cc2)[nH]c(=O)c1I. The van der Waals surface area contributed by atoms with Gasteiger partial charge in [-0.25, -0.2) is 4.98 Å². The fourth-order valence-electron chi connectivity index (χ4n) is 2.33. The van der Waals surface area contributed by atoms with Crippen molar-refractivity contribution in [3.8, 4) is 11.4 Å². The molecule has 0 saturated heterocycles. The Morgan fingerprint density at radius 2 is 1.90 bits per heavy atom. The highest BCUT2D eigenvalue weighted by atomic mass is 127. The Hall–Kier alpha value is -1.17. The maximum Gasteiger partial charge on any atom is 0.264 e. The third-order valence-electron chi connectivity index (χ3n) is 3.67. The Labute approximate surface area is 132 Å². The van der Waals surface area contributed by atoms with Crippen LogP contribution in [0.2, 0.25) is 0 Å². The second-order valence-corrected chi connectivity index (χ2v) is 6.74. The number of nitrogens with one attached hydrogen (secondary N) is 1. The Kier molecular flexibility index (Phi) is 3.67. The van der Waals surface area contributed by atoms with Crippen LogP contribution in [0.25, 0.3) is 11.4 Å². The molecule has 20 heavy (non-hydrogen) atoms. The molecule has 0 aliphatic heterocycles. The summed E-state index contributed by atoms with van der Waals surface area (Å²) in [6, 6.07) is 8.42. The molecule has 0 unspecified atom stereocenters. The first kappa shape index (κ1) is 13.8. The molecule has 3 rings (SSSR count). The maximum atomic E-state index is 12.0. The lowest BCUT2D eigenvalue weighted by molar-refractivity contribution is 0.802. The highest BCUT2D eigenvalue weighted by Gasteiger charge is 2.23. The van der Waals surface area contributed by atoms with Crippen LogP contribution < -0.4 is 5.56 Å². The molecule has 1 aromatic carbocycles. The van der Waals surface area contributed by atoms with E-state index in [9.17, 15) is 4.79 Å². The van der Waals surface area contributed by atoms with Gasteiger partial charge in [-0.15, -0.1) is 0 Å². The number of aromatic amines is 1. The quantitative estimate of drug-likeness (QED) is 0.817. The molecule has 1 aliphatic carbocycles. The molecule has 0 atom stereocenters. The molecule has 2 aromatic rings. The van der Waals surface area contributed by atoms with Gasteiger partial charge in [0.15, 0.2) is 0 Å². The topological polar surface area (TPSA) is 45.8 Å². The van der Waals surface area contributed by atoms with E-state index in [0.29, 0.717) is 9.39 Å². The summed E-state index contributed by atoms with van der Waals surface area (Å²) in [6.07, 6.45) is 2.60. The first-order valence-corrected chi connectivity index (χ1v) is 8.04. The first-order chi connectivity index (χ1) is 9.56. The normalized spacial score (nSPS) is 14.8. The number of H-pyrrole nitrogens is 1. The summed E-state index contributed by atoms with van der Waals surface area (Å²) in [7, 11) is 0. The molecule has 1 saturated carbocycles. The Morgan fingerprint density at radius 3 is 2.45 bits per heavy atom. The molecular formula is C16H17IN2O. The van der Waals surface area contributed by atoms with E-state index in [2.05, 4.69) is 70.7 Å². The second kappa shape index (κ2) is 5.31. The zero-order valence-corrected chi connectivity index (χ0v) is 13.8. The summed E-state index contributed by atoms with van der Waals surface area (Å²) < 4.78 is 0.691. The monoisotopic (exact) mass is 380 g/mol. The molecule has 0 amide bonds. The lowest BCUT2D eigenvalue weighted by Gasteiger charge is -2.10. The van der Waals surface area contributed by atoms with Gasteiger partial charge < -0.3 is 4.98 Å². The highest BCUT2D eigenvalue weighted by Crippen LogP contribution is 2.40. The average molecular weight is 380 g/mol. The van der Waals surface area contributed by atoms with Crippen LogP contribution in [0.3, 0.4) is 0 Å². The van der Waals surface area contributed by atoms with Gasteiger partial charge in [0.25, 0.3) is 5.56 Å². The van der Waals surface area contributed by atoms with Crippen LogP contribution in [0.1, 0.15) is 49.8 Å². The van der Waals surface area contributed by atoms with Gasteiger partial charge in [-0.3, -0.25) is 4.79 Å². The fraction of sp³-hybridized carbons (Fsp3) is 0.375. The molecule has 0 spiro atoms. The fourth-order valence-corrected chi connectivity index (χ4v) is 3.20. The van der Waals surface area contributed by atoms with E-state index in [1.54, 1.807) is 0 Å². The molecular weight excluding hydrogens is 363 g/mol. The number of hydrogen-bond acceptors (Lipinski definition) is 2. The molecule has 0 bridgehead atoms. The first-order valence-electron chi connectivity index (χ1n) is 6.96. The Bertz CT molecular complexity index is 685. The maximum absolute atomic E-state index is 12.0. The van der Waals surface area contributed by atoms with E-state index in [-0.39, 0.29) is 11.5 Å². The van der Waals surface area contributed by atoms with Gasteiger partial charge in [-0.1, -0.05) is 38.1 Å². The van der Waals surface area contributed by atoms with Crippen molar-refractivity contribution >= 4 is 22.6 Å². The average Bonchev–Trinajstić information content (AvgIpc) is 3.26. The zero-order valence-electron chi connectivity index (χ0n) is 11.6. The van der Waals surface area contributed by atoms with Crippen LogP contribution in [0.15, 0.2) is 29.1 Å². The predicted molar refractivity (Wildman–Crippen MR) is 89.1 cm³/mol. The van der Waals surface area contributed by atoms with E-state index >= 15 is 0 Å². The van der Waals surface area contributed by atoms with Crippen molar-refractivity contribution in [2.24, 2.45) is 0 Å². The molecule has 0 radical (unpaired) electrons. The summed E-state index contributed by atoms with van der Waals surface area (Å²) in [5.74, 6) is 1.66. The van der Waals surface area contributed by atoms with Gasteiger partial charge in [-0.2, -0.15) is 0 Å². The minimum Gasteiger partial charge on any atom is -0.306 e. The smallest absolute Gasteiger partial charge is 0.264 e. The molecule has 104 valence electrons. The summed E-state index contributed by atoms with van der Waals surface area (Å²) in [5, 5.41) is 0. The Balaban J connectivity index is 2.02. The van der Waals surface area contributed by atoms with E-state index < -0.39 is 0 Å². The number of nitrogens with zero attached hydrogens (tertiary/aromatic N) is 1. The second-order valence-electron chi connectivity index (χ2n) is 5.66. The summed E-state index contributed by atoms with van der Waals surface area (Å²) in [6.45, 7) is 4.12. The largest absolute Gasteiger partial charge is 0.306 e. The third kappa shape index (κ3) is 2.66. The van der Waals surface area contributed by atoms with Crippen molar-refractivity contribution in [2.45, 2.75) is 38.5 Å². The molecule has 3 nitrogen and oxygen atoms in total. The number of hydrogen-bond donors (Lipinski definition) is 1. The van der Waals surface area contributed by atoms with Gasteiger partial charge >= 0.3 is 0 Å². The van der Waals surface area contributed by atoms with Crippen LogP contribution in [0.5, 0.6) is 0 Å². The summed E-state index contributed by atoms with van der Waals surface area (Å²) in [4.78, 5) is 19.5. The molecule has 1 aromatic heterocycles. The van der Waals surface area contributed by atoms with E-state index in [4.69, 9.17) is 0 Å². The van der Waals surface area contributed by atoms with E-state index in [0.717, 1.165) is 17.2 Å². The molecule has 4 heteroatoms. The van der Waals surface area contributed by atoms with Crippen molar-refractivity contribution < 1.29 is 0 Å². The van der Waals surface area contributed by atoms with Crippen LogP contribution in [-0.4, -0.2) is 9.97 Å². The van der Waals surface area contributed by atoms with Crippen LogP contribution in [0, 0.1) is 3.57 Å². The van der Waals surface area contributed by atoms with Crippen LogP contribution in [0.4, 0.5) is 0 Å². The summed E-state index contributed by atoms with van der Waals surface area (Å²) in [5.41, 5.74) is 3.19. The minimum atomic E-state index is -0.0504. The summed E-state index contributed by atoms with van der Waals surface area (Å²) >= 11 is 2.07. The third-order valence-corrected chi connectivity index (χ3v) is 4.71. The van der Waals surface area contributed by atoms with Gasteiger partial charge in [0.2, 0.25) is 0 Å². The molecule has 1 heterocycles. The van der Waals surface area contributed by atoms with Crippen molar-refractivity contribution in [3.05, 3.63) is 49.4 Å².